The van der Waals surface area contributed by atoms with E-state index >= 15 is 0 Å². The van der Waals surface area contributed by atoms with Gasteiger partial charge in [-0.05, 0) is 83.1 Å². The minimum absolute atomic E-state index is 0.0900. The average molecular weight is 572 g/mol. The van der Waals surface area contributed by atoms with Gasteiger partial charge in [0.05, 0.1) is 17.0 Å². The molecule has 3 aromatic rings. The van der Waals surface area contributed by atoms with Crippen LogP contribution in [0, 0.1) is 5.82 Å². The fourth-order valence-electron chi connectivity index (χ4n) is 5.35. The molecule has 1 amide bonds. The number of nitrogens with zero attached hydrogens (tertiary/aromatic N) is 3. The number of carboxylic acids is 1. The molecule has 212 valence electrons. The van der Waals surface area contributed by atoms with Gasteiger partial charge in [0.1, 0.15) is 5.82 Å². The lowest BCUT2D eigenvalue weighted by Gasteiger charge is -2.23. The lowest BCUT2D eigenvalue weighted by atomic mass is 9.84. The number of thioether (sulfide) groups is 1. The van der Waals surface area contributed by atoms with Gasteiger partial charge in [0.25, 0.3) is 5.91 Å². The Labute approximate surface area is 244 Å². The maximum absolute atomic E-state index is 14.3. The minimum atomic E-state index is -1.10. The Hall–Kier alpha value is -3.91. The highest BCUT2D eigenvalue weighted by molar-refractivity contribution is 8.18. The Morgan fingerprint density at radius 3 is 2.44 bits per heavy atom. The minimum Gasteiger partial charge on any atom is -0.481 e. The highest BCUT2D eigenvalue weighted by atomic mass is 32.2. The van der Waals surface area contributed by atoms with Crippen molar-refractivity contribution in [1.29, 1.82) is 0 Å². The molecule has 1 heterocycles. The van der Waals surface area contributed by atoms with Crippen LogP contribution in [0.4, 0.5) is 15.8 Å². The number of hydrogen-bond donors (Lipinski definition) is 1. The van der Waals surface area contributed by atoms with Gasteiger partial charge in [-0.1, -0.05) is 61.7 Å². The molecular formula is C33H34FN3O3S. The van der Waals surface area contributed by atoms with E-state index in [1.807, 2.05) is 30.3 Å². The number of carboxylic acid groups (broad SMARTS) is 1. The van der Waals surface area contributed by atoms with Crippen molar-refractivity contribution in [2.75, 3.05) is 19.0 Å². The van der Waals surface area contributed by atoms with Gasteiger partial charge in [0.15, 0.2) is 5.17 Å². The first-order valence-corrected chi connectivity index (χ1v) is 14.7. The van der Waals surface area contributed by atoms with E-state index in [4.69, 9.17) is 5.11 Å². The van der Waals surface area contributed by atoms with Crippen molar-refractivity contribution in [3.05, 3.63) is 99.7 Å². The number of benzene rings is 3. The molecule has 0 radical (unpaired) electrons. The van der Waals surface area contributed by atoms with Gasteiger partial charge in [-0.25, -0.2) is 9.38 Å². The number of amides is 1. The number of carbonyl (C=O) groups is 2. The van der Waals surface area contributed by atoms with Gasteiger partial charge in [-0.2, -0.15) is 0 Å². The fraction of sp³-hybridized carbons (Fsp3) is 0.303. The quantitative estimate of drug-likeness (QED) is 0.286. The molecule has 0 bridgehead atoms. The molecule has 0 atom stereocenters. The first-order chi connectivity index (χ1) is 19.8. The van der Waals surface area contributed by atoms with E-state index in [1.54, 1.807) is 13.1 Å². The summed E-state index contributed by atoms with van der Waals surface area (Å²) in [6.07, 6.45) is 8.09. The number of aliphatic imine (C=N–C) groups is 1. The van der Waals surface area contributed by atoms with Gasteiger partial charge in [-0.3, -0.25) is 14.5 Å². The number of rotatable bonds is 8. The molecule has 0 unspecified atom stereocenters. The lowest BCUT2D eigenvalue weighted by Crippen LogP contribution is -2.23. The number of hydrogen-bond acceptors (Lipinski definition) is 5. The highest BCUT2D eigenvalue weighted by Crippen LogP contribution is 2.34. The molecule has 1 saturated heterocycles. The van der Waals surface area contributed by atoms with Crippen molar-refractivity contribution >= 4 is 46.3 Å². The molecule has 0 aromatic heterocycles. The summed E-state index contributed by atoms with van der Waals surface area (Å²) in [6, 6.07) is 21.3. The van der Waals surface area contributed by atoms with E-state index in [-0.39, 0.29) is 11.5 Å². The Morgan fingerprint density at radius 1 is 1.07 bits per heavy atom. The van der Waals surface area contributed by atoms with Crippen molar-refractivity contribution in [2.45, 2.75) is 51.0 Å². The molecule has 1 aliphatic heterocycles. The standard InChI is InChI=1S/C33H34FN3O3S/c1-36(21-23-8-12-25(13-9-23)24-6-4-3-5-7-24)28-16-10-22(11-17-28)18-30-32(40)37(2)33(41-30)35-27-15-14-26(19-31(38)39)29(34)20-27/h8-18,20,24H,3-7,19,21H2,1-2H3,(H,38,39)/b30-18+,35-33?. The van der Waals surface area contributed by atoms with Gasteiger partial charge < -0.3 is 10.0 Å². The molecule has 3 aromatic carbocycles. The number of likely N-dealkylation sites (N-methyl/N-ethyl adjacent to an activating group) is 1. The molecule has 6 nitrogen and oxygen atoms in total. The second kappa shape index (κ2) is 12.7. The Morgan fingerprint density at radius 2 is 1.78 bits per heavy atom. The SMILES string of the molecule is CN1C(=O)/C(=C\c2ccc(N(C)Cc3ccc(C4CCCCC4)cc3)cc2)SC1=Nc1ccc(CC(=O)O)c(F)c1. The molecule has 8 heteroatoms. The van der Waals surface area contributed by atoms with Crippen LogP contribution in [-0.2, 0) is 22.6 Å². The molecule has 2 fully saturated rings. The van der Waals surface area contributed by atoms with Crippen molar-refractivity contribution in [2.24, 2.45) is 4.99 Å². The van der Waals surface area contributed by atoms with Crippen molar-refractivity contribution in [1.82, 2.24) is 4.90 Å². The molecule has 41 heavy (non-hydrogen) atoms. The van der Waals surface area contributed by atoms with Gasteiger partial charge >= 0.3 is 5.97 Å². The maximum Gasteiger partial charge on any atom is 0.307 e. The molecule has 1 saturated carbocycles. The van der Waals surface area contributed by atoms with Crippen molar-refractivity contribution in [3.8, 4) is 0 Å². The summed E-state index contributed by atoms with van der Waals surface area (Å²) in [5.74, 6) is -1.21. The van der Waals surface area contributed by atoms with Crippen LogP contribution < -0.4 is 4.90 Å². The number of amidine groups is 1. The summed E-state index contributed by atoms with van der Waals surface area (Å²) in [5.41, 5.74) is 5.13. The van der Waals surface area contributed by atoms with E-state index in [0.717, 1.165) is 17.8 Å². The van der Waals surface area contributed by atoms with Crippen LogP contribution >= 0.6 is 11.8 Å². The number of aliphatic carboxylic acids is 1. The van der Waals surface area contributed by atoms with Crippen molar-refractivity contribution in [3.63, 3.8) is 0 Å². The number of anilines is 1. The third kappa shape index (κ3) is 7.06. The summed E-state index contributed by atoms with van der Waals surface area (Å²) in [5, 5.41) is 9.33. The van der Waals surface area contributed by atoms with Crippen LogP contribution in [0.15, 0.2) is 76.6 Å². The fourth-order valence-corrected chi connectivity index (χ4v) is 6.33. The maximum atomic E-state index is 14.3. The van der Waals surface area contributed by atoms with E-state index in [9.17, 15) is 14.0 Å². The summed E-state index contributed by atoms with van der Waals surface area (Å²) in [7, 11) is 3.71. The summed E-state index contributed by atoms with van der Waals surface area (Å²) >= 11 is 1.22. The first kappa shape index (κ1) is 28.6. The molecule has 1 N–H and O–H groups in total. The smallest absolute Gasteiger partial charge is 0.307 e. The van der Waals surface area contributed by atoms with Gasteiger partial charge in [0.2, 0.25) is 0 Å². The monoisotopic (exact) mass is 571 g/mol. The summed E-state index contributed by atoms with van der Waals surface area (Å²) < 4.78 is 14.3. The predicted octanol–water partition coefficient (Wildman–Crippen LogP) is 7.37. The molecule has 5 rings (SSSR count). The zero-order chi connectivity index (χ0) is 28.9. The van der Waals surface area contributed by atoms with E-state index in [1.165, 1.54) is 72.0 Å². The van der Waals surface area contributed by atoms with E-state index < -0.39 is 18.2 Å². The second-order valence-electron chi connectivity index (χ2n) is 10.7. The van der Waals surface area contributed by atoms with Gasteiger partial charge in [0, 0.05) is 26.3 Å². The van der Waals surface area contributed by atoms with Crippen molar-refractivity contribution < 1.29 is 19.1 Å². The Balaban J connectivity index is 1.22. The normalized spacial score (nSPS) is 17.9. The van der Waals surface area contributed by atoms with Crippen LogP contribution in [0.3, 0.4) is 0 Å². The van der Waals surface area contributed by atoms with E-state index in [2.05, 4.69) is 41.2 Å². The molecule has 0 spiro atoms. The first-order valence-electron chi connectivity index (χ1n) is 13.9. The second-order valence-corrected chi connectivity index (χ2v) is 11.7. The lowest BCUT2D eigenvalue weighted by molar-refractivity contribution is -0.136. The Kier molecular flexibility index (Phi) is 8.88. The number of carbonyl (C=O) groups excluding carboxylic acids is 1. The van der Waals surface area contributed by atoms with Gasteiger partial charge in [-0.15, -0.1) is 0 Å². The average Bonchev–Trinajstić information content (AvgIpc) is 3.23. The Bertz CT molecular complexity index is 1480. The third-order valence-electron chi connectivity index (χ3n) is 7.71. The molecule has 1 aliphatic carbocycles. The third-order valence-corrected chi connectivity index (χ3v) is 8.77. The number of halogens is 1. The zero-order valence-corrected chi connectivity index (χ0v) is 24.2. The van der Waals surface area contributed by atoms with Crippen LogP contribution in [0.25, 0.3) is 6.08 Å². The molecule has 2 aliphatic rings. The van der Waals surface area contributed by atoms with Crippen LogP contribution in [0.1, 0.15) is 60.3 Å². The highest BCUT2D eigenvalue weighted by Gasteiger charge is 2.30. The predicted molar refractivity (Wildman–Crippen MR) is 164 cm³/mol. The molecular weight excluding hydrogens is 537 g/mol. The topological polar surface area (TPSA) is 73.2 Å². The van der Waals surface area contributed by atoms with Crippen LogP contribution in [-0.4, -0.2) is 41.1 Å². The van der Waals surface area contributed by atoms with Crippen LogP contribution in [0.5, 0.6) is 0 Å². The largest absolute Gasteiger partial charge is 0.481 e. The summed E-state index contributed by atoms with van der Waals surface area (Å²) in [4.78, 5) is 32.3. The van der Waals surface area contributed by atoms with Crippen LogP contribution in [0.2, 0.25) is 0 Å². The van der Waals surface area contributed by atoms with E-state index in [0.29, 0.717) is 21.7 Å². The summed E-state index contributed by atoms with van der Waals surface area (Å²) in [6.45, 7) is 0.808. The zero-order valence-electron chi connectivity index (χ0n) is 23.3.